The Morgan fingerprint density at radius 3 is 2.62 bits per heavy atom. The van der Waals surface area contributed by atoms with Crippen LogP contribution in [0.1, 0.15) is 6.92 Å². The Kier molecular flexibility index (Phi) is 2.86. The molecular formula is C13H14O3. The largest absolute Gasteiger partial charge is 0.504 e. The van der Waals surface area contributed by atoms with Crippen LogP contribution in [0.15, 0.2) is 30.3 Å². The summed E-state index contributed by atoms with van der Waals surface area (Å²) < 4.78 is 10.6. The van der Waals surface area contributed by atoms with Gasteiger partial charge in [0.1, 0.15) is 5.75 Å². The lowest BCUT2D eigenvalue weighted by atomic mass is 10.1. The van der Waals surface area contributed by atoms with Crippen molar-refractivity contribution in [2.45, 2.75) is 6.92 Å². The first kappa shape index (κ1) is 10.6. The maximum Gasteiger partial charge on any atom is 0.169 e. The maximum atomic E-state index is 10.1. The van der Waals surface area contributed by atoms with E-state index >= 15 is 0 Å². The molecule has 0 aliphatic heterocycles. The van der Waals surface area contributed by atoms with Gasteiger partial charge in [0.25, 0.3) is 0 Å². The molecule has 0 unspecified atom stereocenters. The third-order valence-corrected chi connectivity index (χ3v) is 2.46. The van der Waals surface area contributed by atoms with E-state index in [1.165, 1.54) is 0 Å². The van der Waals surface area contributed by atoms with Gasteiger partial charge in [-0.15, -0.1) is 0 Å². The van der Waals surface area contributed by atoms with Crippen molar-refractivity contribution in [3.8, 4) is 17.2 Å². The van der Waals surface area contributed by atoms with E-state index in [4.69, 9.17) is 9.47 Å². The van der Waals surface area contributed by atoms with E-state index < -0.39 is 0 Å². The first-order chi connectivity index (χ1) is 7.77. The van der Waals surface area contributed by atoms with E-state index in [-0.39, 0.29) is 5.75 Å². The molecular weight excluding hydrogens is 204 g/mol. The zero-order chi connectivity index (χ0) is 11.5. The highest BCUT2D eigenvalue weighted by Crippen LogP contribution is 2.39. The first-order valence-corrected chi connectivity index (χ1v) is 5.19. The minimum absolute atomic E-state index is 0.136. The van der Waals surface area contributed by atoms with Crippen LogP contribution in [0.25, 0.3) is 10.8 Å². The quantitative estimate of drug-likeness (QED) is 0.860. The van der Waals surface area contributed by atoms with E-state index in [0.29, 0.717) is 23.5 Å². The molecule has 3 heteroatoms. The number of benzene rings is 2. The molecule has 0 atom stereocenters. The molecule has 0 amide bonds. The molecule has 0 aromatic heterocycles. The second-order valence-corrected chi connectivity index (χ2v) is 3.40. The summed E-state index contributed by atoms with van der Waals surface area (Å²) in [6, 6.07) is 9.30. The number of fused-ring (bicyclic) bond motifs is 1. The second-order valence-electron chi connectivity index (χ2n) is 3.40. The summed E-state index contributed by atoms with van der Waals surface area (Å²) in [5.41, 5.74) is 0. The van der Waals surface area contributed by atoms with Crippen molar-refractivity contribution in [2.75, 3.05) is 13.7 Å². The fourth-order valence-electron chi connectivity index (χ4n) is 1.75. The summed E-state index contributed by atoms with van der Waals surface area (Å²) in [5, 5.41) is 11.7. The fraction of sp³-hybridized carbons (Fsp3) is 0.231. The van der Waals surface area contributed by atoms with Gasteiger partial charge in [-0.2, -0.15) is 0 Å². The molecule has 0 saturated heterocycles. The molecule has 2 rings (SSSR count). The molecule has 3 nitrogen and oxygen atoms in total. The number of phenolic OH excluding ortho intramolecular Hbond substituents is 1. The zero-order valence-electron chi connectivity index (χ0n) is 9.36. The van der Waals surface area contributed by atoms with E-state index in [1.54, 1.807) is 13.2 Å². The normalized spacial score (nSPS) is 10.4. The van der Waals surface area contributed by atoms with Crippen molar-refractivity contribution in [1.82, 2.24) is 0 Å². The number of hydrogen-bond acceptors (Lipinski definition) is 3. The lowest BCUT2D eigenvalue weighted by molar-refractivity contribution is 0.319. The summed E-state index contributed by atoms with van der Waals surface area (Å²) in [7, 11) is 1.58. The Morgan fingerprint density at radius 1 is 1.12 bits per heavy atom. The monoisotopic (exact) mass is 218 g/mol. The van der Waals surface area contributed by atoms with E-state index in [2.05, 4.69) is 0 Å². The van der Waals surface area contributed by atoms with Crippen molar-refractivity contribution in [1.29, 1.82) is 0 Å². The minimum atomic E-state index is 0.136. The van der Waals surface area contributed by atoms with Gasteiger partial charge in [0.15, 0.2) is 11.5 Å². The van der Waals surface area contributed by atoms with Gasteiger partial charge in [0.2, 0.25) is 0 Å². The third kappa shape index (κ3) is 1.65. The molecule has 0 spiro atoms. The topological polar surface area (TPSA) is 38.7 Å². The highest BCUT2D eigenvalue weighted by Gasteiger charge is 2.11. The summed E-state index contributed by atoms with van der Waals surface area (Å²) >= 11 is 0. The van der Waals surface area contributed by atoms with Crippen molar-refractivity contribution in [2.24, 2.45) is 0 Å². The summed E-state index contributed by atoms with van der Waals surface area (Å²) in [6.45, 7) is 2.40. The fourth-order valence-corrected chi connectivity index (χ4v) is 1.75. The van der Waals surface area contributed by atoms with Gasteiger partial charge in [0.05, 0.1) is 19.1 Å². The molecule has 0 aliphatic rings. The van der Waals surface area contributed by atoms with Crippen LogP contribution in [0, 0.1) is 0 Å². The van der Waals surface area contributed by atoms with Gasteiger partial charge in [0, 0.05) is 0 Å². The molecule has 1 N–H and O–H groups in total. The molecule has 0 fully saturated rings. The van der Waals surface area contributed by atoms with Gasteiger partial charge < -0.3 is 14.6 Å². The molecule has 2 aromatic carbocycles. The van der Waals surface area contributed by atoms with Crippen molar-refractivity contribution in [3.63, 3.8) is 0 Å². The lowest BCUT2D eigenvalue weighted by Crippen LogP contribution is -1.93. The Labute approximate surface area is 94.2 Å². The average Bonchev–Trinajstić information content (AvgIpc) is 2.32. The molecule has 0 saturated carbocycles. The van der Waals surface area contributed by atoms with Crippen LogP contribution in [0.5, 0.6) is 17.2 Å². The SMILES string of the molecule is CCOc1ccc2cccc(OC)c2c1O. The Balaban J connectivity index is 2.70. The number of methoxy groups -OCH3 is 1. The van der Waals surface area contributed by atoms with Crippen molar-refractivity contribution in [3.05, 3.63) is 30.3 Å². The summed E-state index contributed by atoms with van der Waals surface area (Å²) in [4.78, 5) is 0. The standard InChI is InChI=1S/C13H14O3/c1-3-16-11-8-7-9-5-4-6-10(15-2)12(9)13(11)14/h4-8,14H,3H2,1-2H3. The molecule has 0 radical (unpaired) electrons. The molecule has 0 bridgehead atoms. The van der Waals surface area contributed by atoms with Crippen LogP contribution >= 0.6 is 0 Å². The van der Waals surface area contributed by atoms with Gasteiger partial charge in [-0.1, -0.05) is 18.2 Å². The minimum Gasteiger partial charge on any atom is -0.504 e. The van der Waals surface area contributed by atoms with E-state index in [0.717, 1.165) is 5.39 Å². The second kappa shape index (κ2) is 4.31. The molecule has 2 aromatic rings. The van der Waals surface area contributed by atoms with E-state index in [9.17, 15) is 5.11 Å². The summed E-state index contributed by atoms with van der Waals surface area (Å²) in [5.74, 6) is 1.27. The Morgan fingerprint density at radius 2 is 1.94 bits per heavy atom. The van der Waals surface area contributed by atoms with Crippen LogP contribution in [-0.4, -0.2) is 18.8 Å². The van der Waals surface area contributed by atoms with Gasteiger partial charge >= 0.3 is 0 Å². The van der Waals surface area contributed by atoms with Crippen LogP contribution in [-0.2, 0) is 0 Å². The lowest BCUT2D eigenvalue weighted by Gasteiger charge is -2.11. The number of hydrogen-bond donors (Lipinski definition) is 1. The highest BCUT2D eigenvalue weighted by atomic mass is 16.5. The number of phenols is 1. The number of ether oxygens (including phenoxy) is 2. The van der Waals surface area contributed by atoms with Crippen LogP contribution in [0.3, 0.4) is 0 Å². The Hall–Kier alpha value is -1.90. The van der Waals surface area contributed by atoms with Gasteiger partial charge in [-0.3, -0.25) is 0 Å². The predicted octanol–water partition coefficient (Wildman–Crippen LogP) is 2.95. The number of aromatic hydroxyl groups is 1. The van der Waals surface area contributed by atoms with Crippen LogP contribution < -0.4 is 9.47 Å². The molecule has 0 heterocycles. The van der Waals surface area contributed by atoms with Crippen molar-refractivity contribution >= 4 is 10.8 Å². The van der Waals surface area contributed by atoms with Crippen LogP contribution in [0.2, 0.25) is 0 Å². The third-order valence-electron chi connectivity index (χ3n) is 2.46. The van der Waals surface area contributed by atoms with Crippen LogP contribution in [0.4, 0.5) is 0 Å². The predicted molar refractivity (Wildman–Crippen MR) is 63.3 cm³/mol. The maximum absolute atomic E-state index is 10.1. The smallest absolute Gasteiger partial charge is 0.169 e. The molecule has 0 aliphatic carbocycles. The van der Waals surface area contributed by atoms with Gasteiger partial charge in [-0.05, 0) is 24.4 Å². The van der Waals surface area contributed by atoms with Crippen molar-refractivity contribution < 1.29 is 14.6 Å². The first-order valence-electron chi connectivity index (χ1n) is 5.19. The average molecular weight is 218 g/mol. The van der Waals surface area contributed by atoms with E-state index in [1.807, 2.05) is 31.2 Å². The Bertz CT molecular complexity index is 506. The molecule has 84 valence electrons. The number of rotatable bonds is 3. The zero-order valence-corrected chi connectivity index (χ0v) is 9.36. The van der Waals surface area contributed by atoms with Gasteiger partial charge in [-0.25, -0.2) is 0 Å². The molecule has 16 heavy (non-hydrogen) atoms. The highest BCUT2D eigenvalue weighted by molar-refractivity contribution is 5.95. The summed E-state index contributed by atoms with van der Waals surface area (Å²) in [6.07, 6.45) is 0.